The normalized spacial score (nSPS) is 9.72. The first-order valence-electron chi connectivity index (χ1n) is 5.25. The molecular weight excluding hydrogens is 274 g/mol. The van der Waals surface area contributed by atoms with Gasteiger partial charge in [0.15, 0.2) is 0 Å². The van der Waals surface area contributed by atoms with Crippen LogP contribution in [0.4, 0.5) is 15.8 Å². The molecular formula is C13H13Cl2FN2. The van der Waals surface area contributed by atoms with Crippen LogP contribution < -0.4 is 23.5 Å². The van der Waals surface area contributed by atoms with Gasteiger partial charge in [0.1, 0.15) is 11.5 Å². The molecule has 0 aliphatic carbocycles. The fourth-order valence-corrected chi connectivity index (χ4v) is 1.69. The number of benzene rings is 2. The summed E-state index contributed by atoms with van der Waals surface area (Å²) in [6, 6.07) is 11.9. The van der Waals surface area contributed by atoms with Crippen LogP contribution in [0.3, 0.4) is 0 Å². The summed E-state index contributed by atoms with van der Waals surface area (Å²) in [6.45, 7) is 0.601. The van der Waals surface area contributed by atoms with E-state index in [0.717, 1.165) is 16.9 Å². The molecule has 0 aromatic heterocycles. The van der Waals surface area contributed by atoms with Crippen LogP contribution in [0, 0.1) is 5.82 Å². The largest absolute Gasteiger partial charge is 1.00 e. The van der Waals surface area contributed by atoms with Gasteiger partial charge in [0.05, 0.1) is 10.7 Å². The Hall–Kier alpha value is -1.29. The quantitative estimate of drug-likeness (QED) is 0.817. The molecule has 0 heterocycles. The summed E-state index contributed by atoms with van der Waals surface area (Å²) in [5, 5.41) is 3.85. The van der Waals surface area contributed by atoms with Gasteiger partial charge >= 0.3 is 0 Å². The summed E-state index contributed by atoms with van der Waals surface area (Å²) >= 11 is 6.04. The number of anilines is 1. The summed E-state index contributed by atoms with van der Waals surface area (Å²) in [6.07, 6.45) is 0. The molecule has 0 atom stereocenters. The molecule has 0 aliphatic rings. The van der Waals surface area contributed by atoms with E-state index in [1.165, 1.54) is 12.1 Å². The minimum Gasteiger partial charge on any atom is -1.00 e. The number of nitrogens with one attached hydrogen (secondary N) is 1. The van der Waals surface area contributed by atoms with Gasteiger partial charge in [0.2, 0.25) is 0 Å². The van der Waals surface area contributed by atoms with Gasteiger partial charge < -0.3 is 23.5 Å². The van der Waals surface area contributed by atoms with Crippen LogP contribution in [-0.2, 0) is 6.54 Å². The monoisotopic (exact) mass is 286 g/mol. The van der Waals surface area contributed by atoms with E-state index in [4.69, 9.17) is 11.6 Å². The third-order valence-corrected chi connectivity index (χ3v) is 2.76. The van der Waals surface area contributed by atoms with Crippen LogP contribution in [0.25, 0.3) is 0 Å². The van der Waals surface area contributed by atoms with Crippen molar-refractivity contribution in [2.45, 2.75) is 6.54 Å². The molecule has 2 rings (SSSR count). The number of hydrogen-bond acceptors (Lipinski definition) is 1. The van der Waals surface area contributed by atoms with Gasteiger partial charge in [-0.25, -0.2) is 4.39 Å². The van der Waals surface area contributed by atoms with Crippen molar-refractivity contribution in [3.05, 3.63) is 58.9 Å². The Morgan fingerprint density at radius 2 is 1.78 bits per heavy atom. The Morgan fingerprint density at radius 3 is 2.44 bits per heavy atom. The third kappa shape index (κ3) is 3.88. The highest BCUT2D eigenvalue weighted by molar-refractivity contribution is 6.33. The van der Waals surface area contributed by atoms with Gasteiger partial charge in [-0.15, -0.1) is 0 Å². The molecule has 2 aromatic rings. The highest BCUT2D eigenvalue weighted by Crippen LogP contribution is 2.23. The average molecular weight is 287 g/mol. The topological polar surface area (TPSA) is 39.7 Å². The first-order valence-corrected chi connectivity index (χ1v) is 5.63. The second kappa shape index (κ2) is 6.59. The molecule has 96 valence electrons. The lowest BCUT2D eigenvalue weighted by atomic mass is 10.2. The Kier molecular flexibility index (Phi) is 5.41. The van der Waals surface area contributed by atoms with Crippen molar-refractivity contribution >= 4 is 23.0 Å². The zero-order valence-electron chi connectivity index (χ0n) is 9.59. The molecule has 0 fully saturated rings. The SMILES string of the molecule is [Cl-].[NH3+]c1ccc(Cl)c(NCc2ccc(F)cc2)c1. The summed E-state index contributed by atoms with van der Waals surface area (Å²) in [5.41, 5.74) is 6.57. The van der Waals surface area contributed by atoms with Crippen LogP contribution in [0.1, 0.15) is 5.56 Å². The van der Waals surface area contributed by atoms with Gasteiger partial charge in [-0.1, -0.05) is 23.7 Å². The van der Waals surface area contributed by atoms with Gasteiger partial charge in [-0.05, 0) is 23.8 Å². The summed E-state index contributed by atoms with van der Waals surface area (Å²) < 4.78 is 12.7. The standard InChI is InChI=1S/C13H12ClFN2.ClH/c14-12-6-5-11(16)7-13(12)17-8-9-1-3-10(15)4-2-9;/h1-7,17H,8,16H2;1H. The smallest absolute Gasteiger partial charge is 0.130 e. The lowest BCUT2D eigenvalue weighted by Crippen LogP contribution is -3.00. The first-order chi connectivity index (χ1) is 8.15. The maximum atomic E-state index is 12.7. The van der Waals surface area contributed by atoms with Crippen molar-refractivity contribution in [1.29, 1.82) is 0 Å². The molecule has 0 saturated heterocycles. The van der Waals surface area contributed by atoms with Crippen molar-refractivity contribution < 1.29 is 22.5 Å². The minimum atomic E-state index is -0.230. The Balaban J connectivity index is 0.00000162. The van der Waals surface area contributed by atoms with E-state index < -0.39 is 0 Å². The van der Waals surface area contributed by atoms with Crippen LogP contribution in [-0.4, -0.2) is 0 Å². The van der Waals surface area contributed by atoms with E-state index in [1.807, 2.05) is 12.1 Å². The van der Waals surface area contributed by atoms with Crippen molar-refractivity contribution in [3.63, 3.8) is 0 Å². The highest BCUT2D eigenvalue weighted by Gasteiger charge is 2.02. The van der Waals surface area contributed by atoms with Gasteiger partial charge in [-0.3, -0.25) is 0 Å². The van der Waals surface area contributed by atoms with E-state index in [1.54, 1.807) is 18.2 Å². The van der Waals surface area contributed by atoms with Gasteiger partial charge in [0, 0.05) is 18.7 Å². The number of halogens is 3. The molecule has 0 bridgehead atoms. The maximum absolute atomic E-state index is 12.7. The summed E-state index contributed by atoms with van der Waals surface area (Å²) in [5.74, 6) is -0.230. The van der Waals surface area contributed by atoms with E-state index in [9.17, 15) is 4.39 Å². The lowest BCUT2D eigenvalue weighted by Gasteiger charge is -2.08. The van der Waals surface area contributed by atoms with E-state index >= 15 is 0 Å². The second-order valence-corrected chi connectivity index (χ2v) is 4.20. The second-order valence-electron chi connectivity index (χ2n) is 3.79. The molecule has 0 aliphatic heterocycles. The number of quaternary nitrogens is 1. The zero-order chi connectivity index (χ0) is 12.3. The fraction of sp³-hybridized carbons (Fsp3) is 0.0769. The molecule has 5 heteroatoms. The van der Waals surface area contributed by atoms with Crippen LogP contribution in [0.2, 0.25) is 5.02 Å². The van der Waals surface area contributed by atoms with Gasteiger partial charge in [-0.2, -0.15) is 0 Å². The molecule has 0 radical (unpaired) electrons. The predicted molar refractivity (Wildman–Crippen MR) is 67.7 cm³/mol. The van der Waals surface area contributed by atoms with Crippen molar-refractivity contribution in [2.75, 3.05) is 5.32 Å². The molecule has 0 unspecified atom stereocenters. The lowest BCUT2D eigenvalue weighted by molar-refractivity contribution is -0.254. The first kappa shape index (κ1) is 14.8. The molecule has 18 heavy (non-hydrogen) atoms. The molecule has 0 spiro atoms. The zero-order valence-corrected chi connectivity index (χ0v) is 11.1. The Morgan fingerprint density at radius 1 is 1.11 bits per heavy atom. The summed E-state index contributed by atoms with van der Waals surface area (Å²) in [7, 11) is 0. The predicted octanol–water partition coefficient (Wildman–Crippen LogP) is -0.0314. The van der Waals surface area contributed by atoms with Crippen molar-refractivity contribution in [3.8, 4) is 0 Å². The Labute approximate surface area is 116 Å². The van der Waals surface area contributed by atoms with Crippen molar-refractivity contribution in [1.82, 2.24) is 0 Å². The van der Waals surface area contributed by atoms with Crippen molar-refractivity contribution in [2.24, 2.45) is 0 Å². The van der Waals surface area contributed by atoms with E-state index in [-0.39, 0.29) is 18.2 Å². The highest BCUT2D eigenvalue weighted by atomic mass is 35.5. The van der Waals surface area contributed by atoms with Crippen LogP contribution in [0.15, 0.2) is 42.5 Å². The third-order valence-electron chi connectivity index (χ3n) is 2.43. The van der Waals surface area contributed by atoms with E-state index in [2.05, 4.69) is 11.1 Å². The molecule has 0 saturated carbocycles. The fourth-order valence-electron chi connectivity index (χ4n) is 1.51. The van der Waals surface area contributed by atoms with E-state index in [0.29, 0.717) is 11.6 Å². The molecule has 2 nitrogen and oxygen atoms in total. The number of hydrogen-bond donors (Lipinski definition) is 2. The Bertz CT molecular complexity index is 515. The van der Waals surface area contributed by atoms with Gasteiger partial charge in [0.25, 0.3) is 0 Å². The molecule has 4 N–H and O–H groups in total. The minimum absolute atomic E-state index is 0. The summed E-state index contributed by atoms with van der Waals surface area (Å²) in [4.78, 5) is 0. The van der Waals surface area contributed by atoms with Crippen LogP contribution in [0.5, 0.6) is 0 Å². The number of rotatable bonds is 3. The molecule has 2 aromatic carbocycles. The maximum Gasteiger partial charge on any atom is 0.130 e. The average Bonchev–Trinajstić information content (AvgIpc) is 2.32. The van der Waals surface area contributed by atoms with Crippen LogP contribution >= 0.6 is 11.6 Å². The molecule has 0 amide bonds.